The van der Waals surface area contributed by atoms with Crippen molar-refractivity contribution in [3.63, 3.8) is 0 Å². The average molecular weight is 494 g/mol. The van der Waals surface area contributed by atoms with Crippen LogP contribution in [-0.4, -0.2) is 30.6 Å². The molecule has 0 aliphatic rings. The molecule has 1 atom stereocenters. The first-order valence-electron chi connectivity index (χ1n) is 10.9. The number of aromatic nitrogens is 1. The fourth-order valence-corrected chi connectivity index (χ4v) is 3.81. The molecule has 0 bridgehead atoms. The number of para-hydroxylation sites is 1. The summed E-state index contributed by atoms with van der Waals surface area (Å²) in [5, 5.41) is 2.54. The standard InChI is InChI=1S/C27H21F3N2O4/c1-35-19-13-11-18(12-14-19)25(17-7-3-2-4-8-17)32-23(33)16-36-26(34)21-15-31-22-10-6-5-9-20(22)24(21)27(28,29)30/h2-15,25H,16H2,1H3,(H,32,33)/t25-/m1/s1. The van der Waals surface area contributed by atoms with Crippen molar-refractivity contribution in [2.45, 2.75) is 12.2 Å². The molecule has 0 saturated carbocycles. The molecule has 184 valence electrons. The normalized spacial score (nSPS) is 12.1. The minimum absolute atomic E-state index is 0.0873. The Morgan fingerprint density at radius 1 is 0.917 bits per heavy atom. The third kappa shape index (κ3) is 5.46. The number of methoxy groups -OCH3 is 1. The van der Waals surface area contributed by atoms with E-state index >= 15 is 0 Å². The predicted molar refractivity (Wildman–Crippen MR) is 126 cm³/mol. The number of carbonyl (C=O) groups excluding carboxylic acids is 2. The molecule has 3 aromatic carbocycles. The summed E-state index contributed by atoms with van der Waals surface area (Å²) in [4.78, 5) is 29.2. The van der Waals surface area contributed by atoms with Crippen LogP contribution in [0.2, 0.25) is 0 Å². The van der Waals surface area contributed by atoms with Gasteiger partial charge in [-0.3, -0.25) is 9.78 Å². The summed E-state index contributed by atoms with van der Waals surface area (Å²) < 4.78 is 51.6. The van der Waals surface area contributed by atoms with E-state index in [4.69, 9.17) is 9.47 Å². The monoisotopic (exact) mass is 494 g/mol. The Labute approximate surface area is 204 Å². The maximum atomic E-state index is 13.8. The van der Waals surface area contributed by atoms with E-state index in [9.17, 15) is 22.8 Å². The number of fused-ring (bicyclic) bond motifs is 1. The summed E-state index contributed by atoms with van der Waals surface area (Å²) in [6.45, 7) is -0.775. The van der Waals surface area contributed by atoms with E-state index in [0.29, 0.717) is 5.75 Å². The van der Waals surface area contributed by atoms with Crippen LogP contribution in [0.3, 0.4) is 0 Å². The number of esters is 1. The Bertz CT molecular complexity index is 1370. The molecule has 1 aromatic heterocycles. The summed E-state index contributed by atoms with van der Waals surface area (Å²) in [7, 11) is 1.54. The summed E-state index contributed by atoms with van der Waals surface area (Å²) in [6.07, 6.45) is -4.01. The third-order valence-corrected chi connectivity index (χ3v) is 5.50. The molecular weight excluding hydrogens is 473 g/mol. The van der Waals surface area contributed by atoms with Crippen molar-refractivity contribution in [2.24, 2.45) is 0 Å². The van der Waals surface area contributed by atoms with Crippen LogP contribution in [0, 0.1) is 0 Å². The third-order valence-electron chi connectivity index (χ3n) is 5.50. The highest BCUT2D eigenvalue weighted by Crippen LogP contribution is 2.37. The van der Waals surface area contributed by atoms with Gasteiger partial charge in [-0.15, -0.1) is 0 Å². The van der Waals surface area contributed by atoms with Crippen molar-refractivity contribution >= 4 is 22.8 Å². The number of hydrogen-bond donors (Lipinski definition) is 1. The van der Waals surface area contributed by atoms with E-state index < -0.39 is 41.8 Å². The average Bonchev–Trinajstić information content (AvgIpc) is 2.89. The molecular formula is C27H21F3N2O4. The molecule has 4 aromatic rings. The van der Waals surface area contributed by atoms with Crippen molar-refractivity contribution < 1.29 is 32.2 Å². The minimum atomic E-state index is -4.83. The van der Waals surface area contributed by atoms with Gasteiger partial charge in [-0.1, -0.05) is 60.7 Å². The lowest BCUT2D eigenvalue weighted by molar-refractivity contribution is -0.136. The van der Waals surface area contributed by atoms with Crippen molar-refractivity contribution in [1.29, 1.82) is 0 Å². The first-order valence-corrected chi connectivity index (χ1v) is 10.9. The van der Waals surface area contributed by atoms with E-state index in [2.05, 4.69) is 10.3 Å². The highest BCUT2D eigenvalue weighted by atomic mass is 19.4. The predicted octanol–water partition coefficient (Wildman–Crippen LogP) is 5.32. The molecule has 4 rings (SSSR count). The highest BCUT2D eigenvalue weighted by molar-refractivity contribution is 5.98. The number of nitrogens with one attached hydrogen (secondary N) is 1. The number of hydrogen-bond acceptors (Lipinski definition) is 5. The van der Waals surface area contributed by atoms with Crippen molar-refractivity contribution in [3.8, 4) is 5.75 Å². The smallest absolute Gasteiger partial charge is 0.417 e. The van der Waals surface area contributed by atoms with Crippen molar-refractivity contribution in [3.05, 3.63) is 107 Å². The minimum Gasteiger partial charge on any atom is -0.497 e. The van der Waals surface area contributed by atoms with Crippen molar-refractivity contribution in [1.82, 2.24) is 10.3 Å². The van der Waals surface area contributed by atoms with Crippen LogP contribution in [0.4, 0.5) is 13.2 Å². The molecule has 1 N–H and O–H groups in total. The Morgan fingerprint density at radius 3 is 2.22 bits per heavy atom. The molecule has 0 fully saturated rings. The molecule has 0 spiro atoms. The maximum absolute atomic E-state index is 13.8. The molecule has 1 amide bonds. The summed E-state index contributed by atoms with van der Waals surface area (Å²) in [5.41, 5.74) is -0.327. The molecule has 9 heteroatoms. The first-order chi connectivity index (χ1) is 17.3. The van der Waals surface area contributed by atoms with Gasteiger partial charge in [0.25, 0.3) is 5.91 Å². The van der Waals surface area contributed by atoms with Crippen molar-refractivity contribution in [2.75, 3.05) is 13.7 Å². The number of halogens is 3. The van der Waals surface area contributed by atoms with Crippen LogP contribution < -0.4 is 10.1 Å². The number of rotatable bonds is 7. The number of ether oxygens (including phenoxy) is 2. The van der Waals surface area contributed by atoms with E-state index in [1.54, 1.807) is 30.3 Å². The van der Waals surface area contributed by atoms with Gasteiger partial charge in [-0.25, -0.2) is 4.79 Å². The van der Waals surface area contributed by atoms with Gasteiger partial charge in [-0.05, 0) is 29.3 Å². The molecule has 0 aliphatic carbocycles. The lowest BCUT2D eigenvalue weighted by Crippen LogP contribution is -2.33. The quantitative estimate of drug-likeness (QED) is 0.352. The second-order valence-electron chi connectivity index (χ2n) is 7.82. The fourth-order valence-electron chi connectivity index (χ4n) is 3.81. The summed E-state index contributed by atoms with van der Waals surface area (Å²) in [6, 6.07) is 21.1. The first kappa shape index (κ1) is 24.7. The van der Waals surface area contributed by atoms with Crippen LogP contribution in [-0.2, 0) is 15.7 Å². The fraction of sp³-hybridized carbons (Fsp3) is 0.148. The second kappa shape index (κ2) is 10.5. The lowest BCUT2D eigenvalue weighted by atomic mass is 9.98. The number of amides is 1. The molecule has 0 aliphatic heterocycles. The summed E-state index contributed by atoms with van der Waals surface area (Å²) >= 11 is 0. The number of carbonyl (C=O) groups is 2. The topological polar surface area (TPSA) is 77.5 Å². The maximum Gasteiger partial charge on any atom is 0.417 e. The second-order valence-corrected chi connectivity index (χ2v) is 7.82. The Kier molecular flexibility index (Phi) is 7.19. The lowest BCUT2D eigenvalue weighted by Gasteiger charge is -2.20. The van der Waals surface area contributed by atoms with Gasteiger partial charge in [0.05, 0.1) is 29.8 Å². The molecule has 0 saturated heterocycles. The van der Waals surface area contributed by atoms with Gasteiger partial charge >= 0.3 is 12.1 Å². The van der Waals surface area contributed by atoms with Crippen LogP contribution in [0.15, 0.2) is 85.1 Å². The zero-order valence-corrected chi connectivity index (χ0v) is 19.1. The van der Waals surface area contributed by atoms with Gasteiger partial charge in [0.15, 0.2) is 6.61 Å². The van der Waals surface area contributed by atoms with E-state index in [-0.39, 0.29) is 10.9 Å². The van der Waals surface area contributed by atoms with Gasteiger partial charge < -0.3 is 14.8 Å². The summed E-state index contributed by atoms with van der Waals surface area (Å²) in [5.74, 6) is -1.35. The Balaban J connectivity index is 1.53. The zero-order chi connectivity index (χ0) is 25.7. The van der Waals surface area contributed by atoms with Gasteiger partial charge in [0.2, 0.25) is 0 Å². The Hall–Kier alpha value is -4.40. The van der Waals surface area contributed by atoms with E-state index in [1.807, 2.05) is 30.3 Å². The molecule has 0 unspecified atom stereocenters. The largest absolute Gasteiger partial charge is 0.497 e. The van der Waals surface area contributed by atoms with Crippen LogP contribution in [0.5, 0.6) is 5.75 Å². The van der Waals surface area contributed by atoms with Gasteiger partial charge in [-0.2, -0.15) is 13.2 Å². The van der Waals surface area contributed by atoms with E-state index in [1.165, 1.54) is 25.3 Å². The number of pyridine rings is 1. The number of alkyl halides is 3. The number of nitrogens with zero attached hydrogens (tertiary/aromatic N) is 1. The van der Waals surface area contributed by atoms with Gasteiger partial charge in [0, 0.05) is 11.6 Å². The molecule has 1 heterocycles. The zero-order valence-electron chi connectivity index (χ0n) is 19.1. The number of benzene rings is 3. The molecule has 36 heavy (non-hydrogen) atoms. The Morgan fingerprint density at radius 2 is 1.56 bits per heavy atom. The van der Waals surface area contributed by atoms with Gasteiger partial charge in [0.1, 0.15) is 5.75 Å². The molecule has 0 radical (unpaired) electrons. The van der Waals surface area contributed by atoms with Crippen LogP contribution >= 0.6 is 0 Å². The highest BCUT2D eigenvalue weighted by Gasteiger charge is 2.38. The SMILES string of the molecule is COc1ccc([C@H](NC(=O)COC(=O)c2cnc3ccccc3c2C(F)(F)F)c2ccccc2)cc1. The van der Waals surface area contributed by atoms with Crippen LogP contribution in [0.1, 0.15) is 33.1 Å². The van der Waals surface area contributed by atoms with E-state index in [0.717, 1.165) is 17.3 Å². The van der Waals surface area contributed by atoms with Crippen LogP contribution in [0.25, 0.3) is 10.9 Å². The molecule has 6 nitrogen and oxygen atoms in total.